The van der Waals surface area contributed by atoms with Crippen LogP contribution in [-0.2, 0) is 6.54 Å². The van der Waals surface area contributed by atoms with E-state index in [1.165, 1.54) is 67.6 Å². The van der Waals surface area contributed by atoms with Crippen LogP contribution in [0.5, 0.6) is 0 Å². The first kappa shape index (κ1) is 42.2. The summed E-state index contributed by atoms with van der Waals surface area (Å²) in [6, 6.07) is 56.1. The van der Waals surface area contributed by atoms with Crippen molar-refractivity contribution in [1.29, 1.82) is 0 Å². The van der Waals surface area contributed by atoms with Crippen LogP contribution in [0.15, 0.2) is 175 Å². The van der Waals surface area contributed by atoms with Gasteiger partial charge in [-0.3, -0.25) is 0 Å². The second-order valence-corrected chi connectivity index (χ2v) is 25.8. The Kier molecular flexibility index (Phi) is 9.76. The average molecular weight is 906 g/mol. The smallest absolute Gasteiger partial charge is 0.299 e. The van der Waals surface area contributed by atoms with E-state index in [0.717, 1.165) is 61.1 Å². The van der Waals surface area contributed by atoms with E-state index in [0.29, 0.717) is 6.54 Å². The topological polar surface area (TPSA) is 25.8 Å². The average Bonchev–Trinajstić information content (AvgIpc) is 3.87. The van der Waals surface area contributed by atoms with E-state index in [9.17, 15) is 4.39 Å². The molecule has 4 nitrogen and oxygen atoms in total. The van der Waals surface area contributed by atoms with Gasteiger partial charge < -0.3 is 4.42 Å². The summed E-state index contributed by atoms with van der Waals surface area (Å²) in [6.45, 7) is 22.5. The zero-order valence-electron chi connectivity index (χ0n) is 39.9. The van der Waals surface area contributed by atoms with Gasteiger partial charge in [0.2, 0.25) is 5.69 Å². The van der Waals surface area contributed by atoms with Crippen LogP contribution >= 0.6 is 0 Å². The molecule has 2 aliphatic rings. The van der Waals surface area contributed by atoms with Crippen LogP contribution in [-0.4, -0.2) is 12.6 Å². The Hall–Kier alpha value is -7.15. The molecular weight excluding hydrogens is 850 g/mol. The number of hydrogen-bond donors (Lipinski definition) is 0. The van der Waals surface area contributed by atoms with Gasteiger partial charge in [0.25, 0.3) is 5.82 Å². The number of benzene rings is 7. The molecule has 334 valence electrons. The molecule has 0 amide bonds. The zero-order chi connectivity index (χ0) is 46.7. The maximum Gasteiger partial charge on any atom is 0.299 e. The number of allylic oxidation sites excluding steroid dienone is 1. The summed E-state index contributed by atoms with van der Waals surface area (Å²) < 4.78 is 29.3. The maximum atomic E-state index is 14.1. The van der Waals surface area contributed by atoms with E-state index < -0.39 is 8.07 Å². The van der Waals surface area contributed by atoms with Gasteiger partial charge in [-0.15, -0.1) is 0 Å². The maximum absolute atomic E-state index is 14.1. The van der Waals surface area contributed by atoms with Crippen molar-refractivity contribution in [3.8, 4) is 50.6 Å². The van der Waals surface area contributed by atoms with Crippen LogP contribution in [0.4, 0.5) is 4.39 Å². The normalized spacial score (nSPS) is 15.6. The molecule has 0 saturated carbocycles. The van der Waals surface area contributed by atoms with E-state index in [2.05, 4.69) is 201 Å². The van der Waals surface area contributed by atoms with Gasteiger partial charge in [0.05, 0.1) is 19.6 Å². The van der Waals surface area contributed by atoms with Crippen molar-refractivity contribution in [2.75, 3.05) is 0 Å². The van der Waals surface area contributed by atoms with E-state index in [-0.39, 0.29) is 29.6 Å². The fourth-order valence-electron chi connectivity index (χ4n) is 11.5. The van der Waals surface area contributed by atoms with E-state index >= 15 is 0 Å². The molecule has 0 aliphatic carbocycles. The quantitative estimate of drug-likeness (QED) is 0.121. The van der Waals surface area contributed by atoms with E-state index in [4.69, 9.17) is 11.0 Å². The van der Waals surface area contributed by atoms with Crippen LogP contribution in [0.3, 0.4) is 0 Å². The fourth-order valence-corrected chi connectivity index (χ4v) is 12.6. The standard InChI is InChI=1S/C62H56FN3OSi/c1-37(2)51-32-43(40-16-10-9-11-17-40)33-52(38(3)4)60(51)66-56-21-15-14-20-55(56)65-36-53-47-18-12-13-19-48(47)54-31-27-45(68(6,7)8)35-64(54)59(53)39(5)46-29-30-50-49-28-24-42(41-22-25-44(63)26-23-41)34-57(49)67-61(50)58(46)62(65)66/h9-35,37-38,53,59H,5,36H2,1-4,6-8H3/q+2. The predicted molar refractivity (Wildman–Crippen MR) is 281 cm³/mol. The summed E-state index contributed by atoms with van der Waals surface area (Å²) >= 11 is 0. The molecule has 2 atom stereocenters. The van der Waals surface area contributed by atoms with Gasteiger partial charge >= 0.3 is 0 Å². The lowest BCUT2D eigenvalue weighted by atomic mass is 9.76. The Morgan fingerprint density at radius 3 is 2.06 bits per heavy atom. The van der Waals surface area contributed by atoms with E-state index in [1.54, 1.807) is 0 Å². The first-order valence-corrected chi connectivity index (χ1v) is 27.7. The molecule has 6 heteroatoms. The van der Waals surface area contributed by atoms with Crippen molar-refractivity contribution in [2.24, 2.45) is 0 Å². The lowest BCUT2D eigenvalue weighted by molar-refractivity contribution is -0.723. The SMILES string of the molecule is C=C1c2ccc3c(oc4cc(-c5ccc(F)cc5)ccc43)c2-c2n(-c3c(C(C)C)cc(-c4ccccc4)cc3C(C)C)c3ccccc3[n+]2CC2c3ccccc3-c3ccc([Si](C)(C)C)c[n+]3C12. The number of nitrogens with zero attached hydrogens (tertiary/aromatic N) is 3. The molecule has 68 heavy (non-hydrogen) atoms. The molecule has 10 aromatic rings. The highest BCUT2D eigenvalue weighted by Gasteiger charge is 2.49. The number of imidazole rings is 1. The van der Waals surface area contributed by atoms with Gasteiger partial charge in [-0.2, -0.15) is 9.13 Å². The van der Waals surface area contributed by atoms with Gasteiger partial charge in [-0.1, -0.05) is 145 Å². The summed E-state index contributed by atoms with van der Waals surface area (Å²) in [5, 5.41) is 3.51. The summed E-state index contributed by atoms with van der Waals surface area (Å²) in [5.74, 6) is 1.32. The molecule has 12 rings (SSSR count). The van der Waals surface area contributed by atoms with E-state index in [1.807, 2.05) is 12.1 Å². The summed E-state index contributed by atoms with van der Waals surface area (Å²) in [7, 11) is -1.72. The molecule has 0 saturated heterocycles. The number of furan rings is 1. The van der Waals surface area contributed by atoms with Crippen molar-refractivity contribution in [1.82, 2.24) is 4.57 Å². The van der Waals surface area contributed by atoms with Gasteiger partial charge in [-0.25, -0.2) is 8.96 Å². The van der Waals surface area contributed by atoms with Crippen molar-refractivity contribution < 1.29 is 17.9 Å². The zero-order valence-corrected chi connectivity index (χ0v) is 40.9. The van der Waals surface area contributed by atoms with Gasteiger partial charge in [0.15, 0.2) is 28.9 Å². The second kappa shape index (κ2) is 15.7. The molecular formula is C62H56FN3OSi+2. The fraction of sp³-hybridized carbons (Fsp3) is 0.194. The van der Waals surface area contributed by atoms with Crippen molar-refractivity contribution in [2.45, 2.75) is 77.7 Å². The Balaban J connectivity index is 1.23. The largest absolute Gasteiger partial charge is 0.455 e. The summed E-state index contributed by atoms with van der Waals surface area (Å²) in [4.78, 5) is 0. The molecule has 0 fully saturated rings. The van der Waals surface area contributed by atoms with Crippen molar-refractivity contribution >= 4 is 51.8 Å². The second-order valence-electron chi connectivity index (χ2n) is 20.7. The van der Waals surface area contributed by atoms with Crippen LogP contribution in [0.25, 0.3) is 89.1 Å². The number of pyridine rings is 1. The minimum Gasteiger partial charge on any atom is -0.455 e. The minimum atomic E-state index is -1.72. The van der Waals surface area contributed by atoms with Gasteiger partial charge in [-0.05, 0) is 100 Å². The third-order valence-electron chi connectivity index (χ3n) is 14.9. The monoisotopic (exact) mass is 905 g/mol. The highest BCUT2D eigenvalue weighted by Crippen LogP contribution is 2.51. The molecule has 2 unspecified atom stereocenters. The van der Waals surface area contributed by atoms with Crippen LogP contribution in [0.2, 0.25) is 19.6 Å². The first-order valence-electron chi connectivity index (χ1n) is 24.2. The number of halogens is 1. The number of aromatic nitrogens is 3. The van der Waals surface area contributed by atoms with Crippen molar-refractivity contribution in [3.05, 3.63) is 199 Å². The lowest BCUT2D eigenvalue weighted by Crippen LogP contribution is -2.55. The highest BCUT2D eigenvalue weighted by molar-refractivity contribution is 6.88. The first-order chi connectivity index (χ1) is 32.9. The predicted octanol–water partition coefficient (Wildman–Crippen LogP) is 15.1. The molecule has 5 heterocycles. The molecule has 3 aromatic heterocycles. The van der Waals surface area contributed by atoms with Crippen molar-refractivity contribution in [3.63, 3.8) is 0 Å². The minimum absolute atomic E-state index is 0.0588. The number of hydrogen-bond acceptors (Lipinski definition) is 1. The molecule has 0 radical (unpaired) electrons. The summed E-state index contributed by atoms with van der Waals surface area (Å²) in [5.41, 5.74) is 19.2. The number of fused-ring (bicyclic) bond motifs is 15. The molecule has 0 N–H and O–H groups in total. The molecule has 7 aromatic carbocycles. The number of para-hydroxylation sites is 2. The lowest BCUT2D eigenvalue weighted by Gasteiger charge is -2.33. The van der Waals surface area contributed by atoms with Gasteiger partial charge in [0.1, 0.15) is 29.2 Å². The Morgan fingerprint density at radius 2 is 1.32 bits per heavy atom. The third kappa shape index (κ3) is 6.52. The van der Waals surface area contributed by atoms with Crippen LogP contribution in [0.1, 0.15) is 73.7 Å². The number of rotatable bonds is 6. The Bertz CT molecular complexity index is 3650. The molecule has 0 bridgehead atoms. The van der Waals surface area contributed by atoms with Gasteiger partial charge in [0, 0.05) is 44.3 Å². The Morgan fingerprint density at radius 1 is 0.662 bits per heavy atom. The van der Waals surface area contributed by atoms with Crippen LogP contribution in [0, 0.1) is 5.82 Å². The Labute approximate surface area is 399 Å². The molecule has 0 spiro atoms. The van der Waals surface area contributed by atoms with Crippen LogP contribution < -0.4 is 14.3 Å². The highest BCUT2D eigenvalue weighted by atomic mass is 28.3. The summed E-state index contributed by atoms with van der Waals surface area (Å²) in [6.07, 6.45) is 2.46. The molecule has 2 aliphatic heterocycles. The third-order valence-corrected chi connectivity index (χ3v) is 16.9.